The van der Waals surface area contributed by atoms with Gasteiger partial charge in [-0.2, -0.15) is 5.10 Å². The van der Waals surface area contributed by atoms with Crippen molar-refractivity contribution < 1.29 is 13.2 Å². The molecule has 4 rings (SSSR count). The van der Waals surface area contributed by atoms with Gasteiger partial charge in [0.1, 0.15) is 0 Å². The fraction of sp³-hybridized carbons (Fsp3) is 0.300. The molecule has 1 aromatic carbocycles. The zero-order chi connectivity index (χ0) is 19.7. The lowest BCUT2D eigenvalue weighted by atomic mass is 10.1. The molecule has 1 amide bonds. The van der Waals surface area contributed by atoms with Crippen LogP contribution in [0.15, 0.2) is 54.0 Å². The standard InChI is InChI=1S/C20H21N3O3S2/c1-15-8-10-23(21-15)17-6-4-16(5-7-17)20(24)22(13-19-3-2-11-27-19)18-9-12-28(25,26)14-18/h2-8,10-11,18H,9,12-14H2,1H3. The van der Waals surface area contributed by atoms with Gasteiger partial charge in [0.05, 0.1) is 29.4 Å². The molecule has 1 saturated heterocycles. The molecule has 1 fully saturated rings. The summed E-state index contributed by atoms with van der Waals surface area (Å²) in [5, 5.41) is 6.34. The molecular weight excluding hydrogens is 394 g/mol. The Labute approximate surface area is 168 Å². The number of carbonyl (C=O) groups is 1. The minimum absolute atomic E-state index is 0.0365. The number of hydrogen-bond acceptors (Lipinski definition) is 5. The van der Waals surface area contributed by atoms with Crippen LogP contribution in [-0.4, -0.2) is 46.6 Å². The van der Waals surface area contributed by atoms with Crippen LogP contribution in [0.5, 0.6) is 0 Å². The van der Waals surface area contributed by atoms with Gasteiger partial charge in [0.2, 0.25) is 0 Å². The molecule has 0 N–H and O–H groups in total. The second-order valence-electron chi connectivity index (χ2n) is 7.02. The Morgan fingerprint density at radius 1 is 1.25 bits per heavy atom. The number of amides is 1. The molecule has 1 atom stereocenters. The number of sulfone groups is 1. The maximum absolute atomic E-state index is 13.2. The van der Waals surface area contributed by atoms with Crippen molar-refractivity contribution in [2.24, 2.45) is 0 Å². The summed E-state index contributed by atoms with van der Waals surface area (Å²) in [6.45, 7) is 2.35. The average Bonchev–Trinajstić information content (AvgIpc) is 3.41. The summed E-state index contributed by atoms with van der Waals surface area (Å²) >= 11 is 1.57. The Bertz CT molecular complexity index is 1070. The first kappa shape index (κ1) is 18.9. The molecule has 8 heteroatoms. The maximum atomic E-state index is 13.2. The number of carbonyl (C=O) groups excluding carboxylic acids is 1. The van der Waals surface area contributed by atoms with E-state index in [0.717, 1.165) is 16.3 Å². The Morgan fingerprint density at radius 2 is 2.04 bits per heavy atom. The van der Waals surface area contributed by atoms with Crippen LogP contribution >= 0.6 is 11.3 Å². The molecule has 6 nitrogen and oxygen atoms in total. The van der Waals surface area contributed by atoms with Gasteiger partial charge in [-0.15, -0.1) is 11.3 Å². The molecule has 1 aliphatic rings. The molecule has 28 heavy (non-hydrogen) atoms. The second-order valence-corrected chi connectivity index (χ2v) is 10.3. The van der Waals surface area contributed by atoms with Crippen molar-refractivity contribution in [1.82, 2.24) is 14.7 Å². The fourth-order valence-electron chi connectivity index (χ4n) is 3.44. The van der Waals surface area contributed by atoms with Crippen LogP contribution in [0.1, 0.15) is 27.3 Å². The van der Waals surface area contributed by atoms with Gasteiger partial charge in [-0.1, -0.05) is 6.07 Å². The summed E-state index contributed by atoms with van der Waals surface area (Å²) in [6.07, 6.45) is 2.36. The predicted molar refractivity (Wildman–Crippen MR) is 110 cm³/mol. The van der Waals surface area contributed by atoms with Crippen LogP contribution in [0.2, 0.25) is 0 Å². The number of thiophene rings is 1. The quantitative estimate of drug-likeness (QED) is 0.642. The number of hydrogen-bond donors (Lipinski definition) is 0. The summed E-state index contributed by atoms with van der Waals surface area (Å²) in [4.78, 5) is 16.0. The van der Waals surface area contributed by atoms with Crippen LogP contribution in [-0.2, 0) is 16.4 Å². The first-order valence-electron chi connectivity index (χ1n) is 9.08. The molecule has 0 spiro atoms. The molecule has 0 aliphatic carbocycles. The number of benzene rings is 1. The van der Waals surface area contributed by atoms with Crippen molar-refractivity contribution in [3.8, 4) is 5.69 Å². The lowest BCUT2D eigenvalue weighted by Gasteiger charge is -2.28. The first-order chi connectivity index (χ1) is 13.4. The molecule has 0 bridgehead atoms. The Kier molecular flexibility index (Phi) is 5.07. The molecule has 1 aliphatic heterocycles. The van der Waals surface area contributed by atoms with Crippen molar-refractivity contribution in [2.75, 3.05) is 11.5 Å². The van der Waals surface area contributed by atoms with Gasteiger partial charge < -0.3 is 4.90 Å². The summed E-state index contributed by atoms with van der Waals surface area (Å²) in [6, 6.07) is 12.8. The van der Waals surface area contributed by atoms with E-state index in [1.807, 2.05) is 48.8 Å². The van der Waals surface area contributed by atoms with Gasteiger partial charge in [-0.25, -0.2) is 13.1 Å². The third kappa shape index (κ3) is 4.02. The molecule has 3 heterocycles. The normalized spacial score (nSPS) is 18.2. The minimum Gasteiger partial charge on any atom is -0.329 e. The van der Waals surface area contributed by atoms with Crippen molar-refractivity contribution >= 4 is 27.1 Å². The number of nitrogens with zero attached hydrogens (tertiary/aromatic N) is 3. The van der Waals surface area contributed by atoms with Gasteiger partial charge in [-0.05, 0) is 55.1 Å². The lowest BCUT2D eigenvalue weighted by Crippen LogP contribution is -2.40. The van der Waals surface area contributed by atoms with Gasteiger partial charge in [0.25, 0.3) is 5.91 Å². The second kappa shape index (κ2) is 7.52. The van der Waals surface area contributed by atoms with Crippen molar-refractivity contribution in [3.63, 3.8) is 0 Å². The highest BCUT2D eigenvalue weighted by Gasteiger charge is 2.35. The largest absolute Gasteiger partial charge is 0.329 e. The number of aromatic nitrogens is 2. The van der Waals surface area contributed by atoms with Crippen LogP contribution in [0, 0.1) is 6.92 Å². The Hall–Kier alpha value is -2.45. The summed E-state index contributed by atoms with van der Waals surface area (Å²) in [5.74, 6) is 0.0387. The van der Waals surface area contributed by atoms with Crippen molar-refractivity contribution in [2.45, 2.75) is 25.9 Å². The van der Waals surface area contributed by atoms with E-state index in [4.69, 9.17) is 0 Å². The highest BCUT2D eigenvalue weighted by Crippen LogP contribution is 2.24. The monoisotopic (exact) mass is 415 g/mol. The summed E-state index contributed by atoms with van der Waals surface area (Å²) in [7, 11) is -3.08. The van der Waals surface area contributed by atoms with Crippen molar-refractivity contribution in [3.05, 3.63) is 70.2 Å². The Balaban J connectivity index is 1.59. The zero-order valence-electron chi connectivity index (χ0n) is 15.5. The van der Waals surface area contributed by atoms with Gasteiger partial charge in [-0.3, -0.25) is 4.79 Å². The smallest absolute Gasteiger partial charge is 0.254 e. The third-order valence-electron chi connectivity index (χ3n) is 4.92. The topological polar surface area (TPSA) is 72.3 Å². The average molecular weight is 416 g/mol. The van der Waals surface area contributed by atoms with E-state index >= 15 is 0 Å². The van der Waals surface area contributed by atoms with E-state index in [0.29, 0.717) is 18.5 Å². The summed E-state index contributed by atoms with van der Waals surface area (Å²) in [5.41, 5.74) is 2.34. The molecule has 0 saturated carbocycles. The van der Waals surface area contributed by atoms with Crippen molar-refractivity contribution in [1.29, 1.82) is 0 Å². The van der Waals surface area contributed by atoms with Gasteiger partial charge in [0.15, 0.2) is 9.84 Å². The molecule has 3 aromatic rings. The predicted octanol–water partition coefficient (Wildman–Crippen LogP) is 3.07. The number of aryl methyl sites for hydroxylation is 1. The molecule has 0 radical (unpaired) electrons. The highest BCUT2D eigenvalue weighted by atomic mass is 32.2. The first-order valence-corrected chi connectivity index (χ1v) is 11.8. The van der Waals surface area contributed by atoms with E-state index < -0.39 is 9.84 Å². The fourth-order valence-corrected chi connectivity index (χ4v) is 5.87. The van der Waals surface area contributed by atoms with E-state index in [-0.39, 0.29) is 23.5 Å². The van der Waals surface area contributed by atoms with Gasteiger partial charge >= 0.3 is 0 Å². The van der Waals surface area contributed by atoms with E-state index in [9.17, 15) is 13.2 Å². The van der Waals surface area contributed by atoms with Crippen LogP contribution in [0.25, 0.3) is 5.69 Å². The van der Waals surface area contributed by atoms with Crippen LogP contribution in [0.3, 0.4) is 0 Å². The summed E-state index contributed by atoms with van der Waals surface area (Å²) < 4.78 is 25.7. The lowest BCUT2D eigenvalue weighted by molar-refractivity contribution is 0.0683. The van der Waals surface area contributed by atoms with E-state index in [1.165, 1.54) is 0 Å². The van der Waals surface area contributed by atoms with E-state index in [1.54, 1.807) is 33.1 Å². The van der Waals surface area contributed by atoms with E-state index in [2.05, 4.69) is 5.10 Å². The zero-order valence-corrected chi connectivity index (χ0v) is 17.1. The SMILES string of the molecule is Cc1ccn(-c2ccc(C(=O)N(Cc3cccs3)C3CCS(=O)(=O)C3)cc2)n1. The maximum Gasteiger partial charge on any atom is 0.254 e. The Morgan fingerprint density at radius 3 is 2.61 bits per heavy atom. The molecule has 146 valence electrons. The highest BCUT2D eigenvalue weighted by molar-refractivity contribution is 7.91. The van der Waals surface area contributed by atoms with Gasteiger partial charge in [0, 0.05) is 22.7 Å². The van der Waals surface area contributed by atoms with Crippen LogP contribution < -0.4 is 0 Å². The molecular formula is C20H21N3O3S2. The molecule has 2 aromatic heterocycles. The molecule has 1 unspecified atom stereocenters. The number of rotatable bonds is 5. The minimum atomic E-state index is -3.08. The third-order valence-corrected chi connectivity index (χ3v) is 7.53. The van der Waals surface area contributed by atoms with Crippen LogP contribution in [0.4, 0.5) is 0 Å².